The van der Waals surface area contributed by atoms with Crippen LogP contribution in [0.4, 0.5) is 0 Å². The van der Waals surface area contributed by atoms with Gasteiger partial charge in [0, 0.05) is 24.4 Å². The van der Waals surface area contributed by atoms with E-state index in [1.54, 1.807) is 12.3 Å². The van der Waals surface area contributed by atoms with E-state index in [1.807, 2.05) is 18.2 Å². The van der Waals surface area contributed by atoms with Crippen molar-refractivity contribution in [1.82, 2.24) is 15.2 Å². The van der Waals surface area contributed by atoms with Gasteiger partial charge >= 0.3 is 0 Å². The van der Waals surface area contributed by atoms with Gasteiger partial charge in [0.1, 0.15) is 0 Å². The minimum Gasteiger partial charge on any atom is -0.441 e. The van der Waals surface area contributed by atoms with Crippen molar-refractivity contribution in [3.8, 4) is 11.3 Å². The summed E-state index contributed by atoms with van der Waals surface area (Å²) in [4.78, 5) is 19.0. The number of aryl methyl sites for hydroxylation is 1. The van der Waals surface area contributed by atoms with Crippen LogP contribution in [0, 0.1) is 0 Å². The number of hydrogen-bond donors (Lipinski definition) is 1. The fourth-order valence-electron chi connectivity index (χ4n) is 4.29. The lowest BCUT2D eigenvalue weighted by atomic mass is 10.0. The molecule has 1 N–H and O–H groups in total. The number of hydrogen-bond acceptors (Lipinski definition) is 6. The molecule has 9 heteroatoms. The molecule has 2 saturated heterocycles. The van der Waals surface area contributed by atoms with Gasteiger partial charge in [-0.2, -0.15) is 0 Å². The molecule has 2 aliphatic heterocycles. The highest BCUT2D eigenvalue weighted by Gasteiger charge is 2.41. The van der Waals surface area contributed by atoms with Crippen LogP contribution in [-0.4, -0.2) is 60.9 Å². The van der Waals surface area contributed by atoms with Gasteiger partial charge in [-0.15, -0.1) is 0 Å². The number of carbonyl (C=O) groups excluding carboxylic acids is 1. The maximum atomic E-state index is 12.5. The van der Waals surface area contributed by atoms with Crippen LogP contribution in [0.15, 0.2) is 34.9 Å². The van der Waals surface area contributed by atoms with Gasteiger partial charge in [-0.25, -0.2) is 13.4 Å². The molecule has 0 bridgehead atoms. The van der Waals surface area contributed by atoms with Crippen molar-refractivity contribution in [2.75, 3.05) is 24.6 Å². The number of piperidine rings is 1. The van der Waals surface area contributed by atoms with Crippen LogP contribution in [0.3, 0.4) is 0 Å². The number of nitrogens with zero attached hydrogens (tertiary/aromatic N) is 2. The summed E-state index contributed by atoms with van der Waals surface area (Å²) in [5.41, 5.74) is 0.753. The van der Waals surface area contributed by atoms with Crippen LogP contribution < -0.4 is 5.32 Å². The van der Waals surface area contributed by atoms with E-state index in [9.17, 15) is 13.2 Å². The Morgan fingerprint density at radius 3 is 2.73 bits per heavy atom. The number of aromatic nitrogens is 1. The molecular weight excluding hydrogens is 426 g/mol. The molecule has 7 nitrogen and oxygen atoms in total. The number of rotatable bonds is 6. The van der Waals surface area contributed by atoms with Crippen molar-refractivity contribution in [2.24, 2.45) is 0 Å². The van der Waals surface area contributed by atoms with E-state index in [2.05, 4.69) is 15.2 Å². The third-order valence-electron chi connectivity index (χ3n) is 5.79. The molecule has 2 unspecified atom stereocenters. The van der Waals surface area contributed by atoms with E-state index in [4.69, 9.17) is 16.0 Å². The third-order valence-corrected chi connectivity index (χ3v) is 7.83. The Labute approximate surface area is 181 Å². The molecule has 0 spiro atoms. The molecule has 0 radical (unpaired) electrons. The molecule has 2 atom stereocenters. The van der Waals surface area contributed by atoms with Gasteiger partial charge in [0.15, 0.2) is 21.5 Å². The van der Waals surface area contributed by atoms with Crippen LogP contribution >= 0.6 is 11.6 Å². The number of amides is 1. The summed E-state index contributed by atoms with van der Waals surface area (Å²) >= 11 is 6.19. The number of benzene rings is 1. The fraction of sp³-hybridized carbons (Fsp3) is 0.524. The van der Waals surface area contributed by atoms with Crippen molar-refractivity contribution < 1.29 is 17.6 Å². The molecule has 1 aromatic carbocycles. The Morgan fingerprint density at radius 1 is 1.20 bits per heavy atom. The van der Waals surface area contributed by atoms with Gasteiger partial charge in [0.05, 0.1) is 28.8 Å². The Bertz CT molecular complexity index is 1000. The average molecular weight is 452 g/mol. The summed E-state index contributed by atoms with van der Waals surface area (Å²) in [6, 6.07) is 6.84. The molecule has 2 fully saturated rings. The topological polar surface area (TPSA) is 92.5 Å². The summed E-state index contributed by atoms with van der Waals surface area (Å²) in [6.07, 6.45) is 5.46. The molecule has 30 heavy (non-hydrogen) atoms. The second-order valence-electron chi connectivity index (χ2n) is 8.01. The number of sulfone groups is 1. The number of halogens is 1. The van der Waals surface area contributed by atoms with Crippen LogP contribution in [0.25, 0.3) is 11.3 Å². The number of oxazole rings is 1. The third kappa shape index (κ3) is 5.04. The molecule has 0 saturated carbocycles. The predicted octanol–water partition coefficient (Wildman–Crippen LogP) is 2.70. The van der Waals surface area contributed by atoms with Crippen molar-refractivity contribution in [2.45, 2.75) is 44.2 Å². The lowest BCUT2D eigenvalue weighted by Gasteiger charge is -2.35. The lowest BCUT2D eigenvalue weighted by molar-refractivity contribution is -0.122. The number of carbonyl (C=O) groups is 1. The first-order chi connectivity index (χ1) is 14.4. The van der Waals surface area contributed by atoms with Crippen LogP contribution in [0.1, 0.15) is 31.6 Å². The van der Waals surface area contributed by atoms with Crippen LogP contribution in [0.2, 0.25) is 5.02 Å². The number of nitrogens with one attached hydrogen (secondary N) is 1. The zero-order valence-corrected chi connectivity index (χ0v) is 18.3. The highest BCUT2D eigenvalue weighted by molar-refractivity contribution is 7.91. The Morgan fingerprint density at radius 2 is 1.97 bits per heavy atom. The SMILES string of the molecule is O=C(CCc1ncc(-c2ccccc2Cl)o1)NC1CS(=O)(=O)CC1N1CCCCC1. The average Bonchev–Trinajstić information content (AvgIpc) is 3.31. The Kier molecular flexibility index (Phi) is 6.46. The van der Waals surface area contributed by atoms with E-state index in [1.165, 1.54) is 6.42 Å². The monoisotopic (exact) mass is 451 g/mol. The second kappa shape index (κ2) is 9.08. The van der Waals surface area contributed by atoms with E-state index in [0.717, 1.165) is 31.5 Å². The van der Waals surface area contributed by atoms with E-state index >= 15 is 0 Å². The first kappa shape index (κ1) is 21.3. The van der Waals surface area contributed by atoms with Gasteiger partial charge in [-0.05, 0) is 38.1 Å². The fourth-order valence-corrected chi connectivity index (χ4v) is 6.47. The van der Waals surface area contributed by atoms with E-state index in [0.29, 0.717) is 23.1 Å². The van der Waals surface area contributed by atoms with Crippen molar-refractivity contribution in [3.63, 3.8) is 0 Å². The minimum atomic E-state index is -3.14. The van der Waals surface area contributed by atoms with E-state index in [-0.39, 0.29) is 35.9 Å². The highest BCUT2D eigenvalue weighted by atomic mass is 35.5. The van der Waals surface area contributed by atoms with Gasteiger partial charge in [-0.1, -0.05) is 30.2 Å². The van der Waals surface area contributed by atoms with Gasteiger partial charge < -0.3 is 9.73 Å². The molecule has 2 aliphatic rings. The maximum absolute atomic E-state index is 12.5. The zero-order valence-electron chi connectivity index (χ0n) is 16.7. The van der Waals surface area contributed by atoms with Gasteiger partial charge in [0.2, 0.25) is 5.91 Å². The van der Waals surface area contributed by atoms with Gasteiger partial charge in [-0.3, -0.25) is 9.69 Å². The molecule has 4 rings (SSSR count). The molecule has 162 valence electrons. The summed E-state index contributed by atoms with van der Waals surface area (Å²) in [6.45, 7) is 1.79. The maximum Gasteiger partial charge on any atom is 0.220 e. The molecule has 3 heterocycles. The van der Waals surface area contributed by atoms with Crippen molar-refractivity contribution in [1.29, 1.82) is 0 Å². The van der Waals surface area contributed by atoms with E-state index < -0.39 is 9.84 Å². The first-order valence-electron chi connectivity index (χ1n) is 10.3. The summed E-state index contributed by atoms with van der Waals surface area (Å²) in [5, 5.41) is 3.52. The van der Waals surface area contributed by atoms with Crippen molar-refractivity contribution >= 4 is 27.3 Å². The Balaban J connectivity index is 1.35. The van der Waals surface area contributed by atoms with Gasteiger partial charge in [0.25, 0.3) is 0 Å². The summed E-state index contributed by atoms with van der Waals surface area (Å²) in [7, 11) is -3.14. The summed E-state index contributed by atoms with van der Waals surface area (Å²) in [5.74, 6) is 0.959. The Hall–Kier alpha value is -1.90. The first-order valence-corrected chi connectivity index (χ1v) is 12.5. The quantitative estimate of drug-likeness (QED) is 0.725. The smallest absolute Gasteiger partial charge is 0.220 e. The number of likely N-dealkylation sites (tertiary alicyclic amines) is 1. The molecule has 0 aliphatic carbocycles. The van der Waals surface area contributed by atoms with Crippen LogP contribution in [-0.2, 0) is 21.1 Å². The second-order valence-corrected chi connectivity index (χ2v) is 10.6. The largest absolute Gasteiger partial charge is 0.441 e. The zero-order chi connectivity index (χ0) is 21.1. The molecular formula is C21H26ClN3O4S. The molecule has 2 aromatic rings. The summed E-state index contributed by atoms with van der Waals surface area (Å²) < 4.78 is 30.2. The molecule has 1 amide bonds. The van der Waals surface area contributed by atoms with Crippen molar-refractivity contribution in [3.05, 3.63) is 41.4 Å². The standard InChI is InChI=1S/C21H26ClN3O4S/c22-16-7-3-2-6-15(16)19-12-23-21(29-19)9-8-20(26)24-17-13-30(27,28)14-18(17)25-10-4-1-5-11-25/h2-3,6-7,12,17-18H,1,4-5,8-11,13-14H2,(H,24,26). The normalized spacial score (nSPS) is 24.0. The predicted molar refractivity (Wildman–Crippen MR) is 115 cm³/mol. The molecule has 1 aromatic heterocycles. The lowest BCUT2D eigenvalue weighted by Crippen LogP contribution is -2.52. The minimum absolute atomic E-state index is 0.00949. The highest BCUT2D eigenvalue weighted by Crippen LogP contribution is 2.28. The van der Waals surface area contributed by atoms with Crippen LogP contribution in [0.5, 0.6) is 0 Å².